The zero-order valence-corrected chi connectivity index (χ0v) is 14.3. The number of hydrogen-bond acceptors (Lipinski definition) is 5. The van der Waals surface area contributed by atoms with Crippen molar-refractivity contribution in [2.45, 2.75) is 39.7 Å². The molecule has 0 aliphatic heterocycles. The minimum absolute atomic E-state index is 0.0770. The molecule has 0 aliphatic carbocycles. The molecule has 0 fully saturated rings. The van der Waals surface area contributed by atoms with Crippen molar-refractivity contribution in [2.24, 2.45) is 0 Å². The first kappa shape index (κ1) is 17.1. The average Bonchev–Trinajstić information content (AvgIpc) is 2.98. The van der Waals surface area contributed by atoms with Gasteiger partial charge in [0, 0.05) is 11.6 Å². The van der Waals surface area contributed by atoms with Crippen molar-refractivity contribution in [1.29, 1.82) is 0 Å². The van der Waals surface area contributed by atoms with E-state index in [4.69, 9.17) is 4.52 Å². The van der Waals surface area contributed by atoms with Crippen molar-refractivity contribution < 1.29 is 9.32 Å². The summed E-state index contributed by atoms with van der Waals surface area (Å²) in [5.74, 6) is 1.35. The molecule has 1 N–H and O–H groups in total. The molecular weight excluding hydrogens is 292 g/mol. The highest BCUT2D eigenvalue weighted by Gasteiger charge is 2.21. The van der Waals surface area contributed by atoms with Crippen LogP contribution >= 0.6 is 0 Å². The number of hydrogen-bond donors (Lipinski definition) is 1. The summed E-state index contributed by atoms with van der Waals surface area (Å²) in [5.41, 5.74) is 1.95. The van der Waals surface area contributed by atoms with Crippen LogP contribution in [-0.2, 0) is 4.79 Å². The molecule has 2 rings (SSSR count). The predicted octanol–water partition coefficient (Wildman–Crippen LogP) is 3.13. The second kappa shape index (κ2) is 7.37. The highest BCUT2D eigenvalue weighted by atomic mass is 16.5. The summed E-state index contributed by atoms with van der Waals surface area (Å²) < 4.78 is 5.29. The highest BCUT2D eigenvalue weighted by molar-refractivity contribution is 5.92. The van der Waals surface area contributed by atoms with Crippen LogP contribution in [0.5, 0.6) is 0 Å². The lowest BCUT2D eigenvalue weighted by Crippen LogP contribution is -2.32. The Labute approximate surface area is 136 Å². The van der Waals surface area contributed by atoms with Crippen molar-refractivity contribution in [2.75, 3.05) is 18.9 Å². The van der Waals surface area contributed by atoms with Crippen LogP contribution in [0.2, 0.25) is 0 Å². The van der Waals surface area contributed by atoms with E-state index in [1.54, 1.807) is 0 Å². The molecule has 6 nitrogen and oxygen atoms in total. The standard InChI is InChI=1S/C17H24N4O2/c1-11(2)16-19-17(23-20-16)13(4)21(5)10-15(22)18-14-8-6-12(3)7-9-14/h6-9,11,13H,10H2,1-5H3,(H,18,22)/t13-/m1/s1. The van der Waals surface area contributed by atoms with Crippen molar-refractivity contribution in [1.82, 2.24) is 15.0 Å². The zero-order valence-electron chi connectivity index (χ0n) is 14.3. The topological polar surface area (TPSA) is 71.3 Å². The second-order valence-corrected chi connectivity index (χ2v) is 6.15. The molecule has 1 aromatic heterocycles. The van der Waals surface area contributed by atoms with Crippen LogP contribution in [0.25, 0.3) is 0 Å². The number of nitrogens with zero attached hydrogens (tertiary/aromatic N) is 3. The van der Waals surface area contributed by atoms with E-state index in [-0.39, 0.29) is 24.4 Å². The predicted molar refractivity (Wildman–Crippen MR) is 89.2 cm³/mol. The minimum atomic E-state index is -0.126. The lowest BCUT2D eigenvalue weighted by molar-refractivity contribution is -0.117. The Bertz CT molecular complexity index is 649. The van der Waals surface area contributed by atoms with Gasteiger partial charge in [0.2, 0.25) is 11.8 Å². The van der Waals surface area contributed by atoms with Gasteiger partial charge in [0.15, 0.2) is 5.82 Å². The number of nitrogens with one attached hydrogen (secondary N) is 1. The minimum Gasteiger partial charge on any atom is -0.338 e. The Kier molecular flexibility index (Phi) is 5.50. The van der Waals surface area contributed by atoms with E-state index in [0.717, 1.165) is 11.3 Å². The summed E-state index contributed by atoms with van der Waals surface area (Å²) in [7, 11) is 1.86. The van der Waals surface area contributed by atoms with Crippen LogP contribution in [0, 0.1) is 6.92 Å². The van der Waals surface area contributed by atoms with Crippen LogP contribution in [0.15, 0.2) is 28.8 Å². The molecule has 0 saturated carbocycles. The zero-order chi connectivity index (χ0) is 17.0. The van der Waals surface area contributed by atoms with Crippen LogP contribution in [0.3, 0.4) is 0 Å². The van der Waals surface area contributed by atoms with E-state index >= 15 is 0 Å². The summed E-state index contributed by atoms with van der Waals surface area (Å²) in [4.78, 5) is 18.4. The number of benzene rings is 1. The van der Waals surface area contributed by atoms with Crippen molar-refractivity contribution >= 4 is 11.6 Å². The van der Waals surface area contributed by atoms with E-state index in [0.29, 0.717) is 11.7 Å². The van der Waals surface area contributed by atoms with E-state index < -0.39 is 0 Å². The first-order chi connectivity index (χ1) is 10.9. The summed E-state index contributed by atoms with van der Waals surface area (Å²) in [6.07, 6.45) is 0. The molecule has 1 amide bonds. The third-order valence-corrected chi connectivity index (χ3v) is 3.72. The number of aryl methyl sites for hydroxylation is 1. The maximum Gasteiger partial charge on any atom is 0.243 e. The van der Waals surface area contributed by atoms with Gasteiger partial charge < -0.3 is 9.84 Å². The van der Waals surface area contributed by atoms with Gasteiger partial charge in [-0.2, -0.15) is 4.98 Å². The quantitative estimate of drug-likeness (QED) is 0.886. The van der Waals surface area contributed by atoms with Gasteiger partial charge in [0.05, 0.1) is 12.6 Å². The molecule has 0 bridgehead atoms. The molecule has 0 radical (unpaired) electrons. The Morgan fingerprint density at radius 2 is 1.91 bits per heavy atom. The first-order valence-electron chi connectivity index (χ1n) is 7.77. The maximum absolute atomic E-state index is 12.1. The third kappa shape index (κ3) is 4.63. The van der Waals surface area contributed by atoms with Gasteiger partial charge in [-0.15, -0.1) is 0 Å². The van der Waals surface area contributed by atoms with Crippen LogP contribution < -0.4 is 5.32 Å². The monoisotopic (exact) mass is 316 g/mol. The third-order valence-electron chi connectivity index (χ3n) is 3.72. The van der Waals surface area contributed by atoms with Gasteiger partial charge in [0.1, 0.15) is 0 Å². The number of likely N-dealkylation sites (N-methyl/N-ethyl adjacent to an activating group) is 1. The summed E-state index contributed by atoms with van der Waals surface area (Å²) in [6, 6.07) is 7.59. The molecule has 1 atom stereocenters. The Morgan fingerprint density at radius 3 is 2.48 bits per heavy atom. The van der Waals surface area contributed by atoms with E-state index in [9.17, 15) is 4.79 Å². The number of aromatic nitrogens is 2. The van der Waals surface area contributed by atoms with Crippen LogP contribution in [-0.4, -0.2) is 34.5 Å². The van der Waals surface area contributed by atoms with Gasteiger partial charge in [-0.05, 0) is 33.0 Å². The number of rotatable bonds is 6. The number of carbonyl (C=O) groups excluding carboxylic acids is 1. The van der Waals surface area contributed by atoms with Gasteiger partial charge in [-0.1, -0.05) is 36.7 Å². The molecule has 0 unspecified atom stereocenters. The van der Waals surface area contributed by atoms with Crippen molar-refractivity contribution in [3.8, 4) is 0 Å². The smallest absolute Gasteiger partial charge is 0.243 e. The average molecular weight is 316 g/mol. The fourth-order valence-corrected chi connectivity index (χ4v) is 2.04. The van der Waals surface area contributed by atoms with E-state index in [1.807, 2.05) is 63.9 Å². The van der Waals surface area contributed by atoms with Gasteiger partial charge in [0.25, 0.3) is 0 Å². The molecule has 0 spiro atoms. The molecule has 23 heavy (non-hydrogen) atoms. The fourth-order valence-electron chi connectivity index (χ4n) is 2.04. The van der Waals surface area contributed by atoms with E-state index in [2.05, 4.69) is 15.5 Å². The summed E-state index contributed by atoms with van der Waals surface area (Å²) in [5, 5.41) is 6.84. The van der Waals surface area contributed by atoms with E-state index in [1.165, 1.54) is 0 Å². The molecule has 0 saturated heterocycles. The number of amides is 1. The Hall–Kier alpha value is -2.21. The first-order valence-corrected chi connectivity index (χ1v) is 7.77. The fraction of sp³-hybridized carbons (Fsp3) is 0.471. The molecule has 124 valence electrons. The Morgan fingerprint density at radius 1 is 1.26 bits per heavy atom. The highest BCUT2D eigenvalue weighted by Crippen LogP contribution is 2.19. The normalized spacial score (nSPS) is 12.7. The molecule has 1 heterocycles. The summed E-state index contributed by atoms with van der Waals surface area (Å²) in [6.45, 7) is 8.22. The van der Waals surface area contributed by atoms with Crippen molar-refractivity contribution in [3.05, 3.63) is 41.5 Å². The molecule has 6 heteroatoms. The SMILES string of the molecule is Cc1ccc(NC(=O)CN(C)[C@H](C)c2nc(C(C)C)no2)cc1. The lowest BCUT2D eigenvalue weighted by Gasteiger charge is -2.20. The molecule has 2 aromatic rings. The maximum atomic E-state index is 12.1. The van der Waals surface area contributed by atoms with Gasteiger partial charge in [-0.3, -0.25) is 9.69 Å². The Balaban J connectivity index is 1.92. The molecular formula is C17H24N4O2. The van der Waals surface area contributed by atoms with Gasteiger partial charge >= 0.3 is 0 Å². The number of carbonyl (C=O) groups is 1. The number of anilines is 1. The second-order valence-electron chi connectivity index (χ2n) is 6.15. The lowest BCUT2D eigenvalue weighted by atomic mass is 10.2. The van der Waals surface area contributed by atoms with Crippen molar-refractivity contribution in [3.63, 3.8) is 0 Å². The van der Waals surface area contributed by atoms with Crippen LogP contribution in [0.1, 0.15) is 50.0 Å². The van der Waals surface area contributed by atoms with Crippen LogP contribution in [0.4, 0.5) is 5.69 Å². The largest absolute Gasteiger partial charge is 0.338 e. The summed E-state index contributed by atoms with van der Waals surface area (Å²) >= 11 is 0. The van der Waals surface area contributed by atoms with Gasteiger partial charge in [-0.25, -0.2) is 0 Å². The molecule has 1 aromatic carbocycles. The molecule has 0 aliphatic rings.